The first-order valence-electron chi connectivity index (χ1n) is 11.7. The number of hydrogen-bond donors (Lipinski definition) is 1. The van der Waals surface area contributed by atoms with Crippen molar-refractivity contribution < 1.29 is 0 Å². The molecule has 0 amide bonds. The number of aromatic nitrogens is 3. The molecule has 0 radical (unpaired) electrons. The van der Waals surface area contributed by atoms with Crippen LogP contribution in [0.1, 0.15) is 27.7 Å². The summed E-state index contributed by atoms with van der Waals surface area (Å²) in [6.45, 7) is 13.8. The lowest BCUT2D eigenvalue weighted by atomic mass is 10.00. The van der Waals surface area contributed by atoms with Crippen LogP contribution in [0.4, 0.5) is 11.6 Å². The molecule has 1 aromatic carbocycles. The first kappa shape index (κ1) is 21.2. The topological polar surface area (TPSA) is 57.2 Å². The van der Waals surface area contributed by atoms with Gasteiger partial charge in [0.25, 0.3) is 5.56 Å². The Morgan fingerprint density at radius 3 is 2.53 bits per heavy atom. The summed E-state index contributed by atoms with van der Waals surface area (Å²) >= 11 is 0. The van der Waals surface area contributed by atoms with Crippen LogP contribution >= 0.6 is 0 Å². The van der Waals surface area contributed by atoms with Crippen molar-refractivity contribution in [3.05, 3.63) is 40.8 Å². The monoisotopic (exact) mass is 435 g/mol. The van der Waals surface area contributed by atoms with Crippen LogP contribution in [-0.4, -0.2) is 71.3 Å². The Kier molecular flexibility index (Phi) is 4.76. The van der Waals surface area contributed by atoms with Gasteiger partial charge in [-0.25, -0.2) is 4.57 Å². The fourth-order valence-corrected chi connectivity index (χ4v) is 5.45. The van der Waals surface area contributed by atoms with Crippen molar-refractivity contribution in [3.63, 3.8) is 0 Å². The number of anilines is 1. The summed E-state index contributed by atoms with van der Waals surface area (Å²) < 4.78 is 2.51. The summed E-state index contributed by atoms with van der Waals surface area (Å²) in [6.07, 6.45) is 2.00. The number of hydrogen-bond acceptors (Lipinski definition) is 4. The normalized spacial score (nSPS) is 23.3. The van der Waals surface area contributed by atoms with E-state index in [1.165, 1.54) is 5.69 Å². The fraction of sp³-hybridized carbons (Fsp3) is 0.520. The SMILES string of the molecule is CC(C)[N+]1(C)c2nc(-c3c[nH]c4ccc(N5CCN(C)CC5)cc34)cc(=O)n2CC1(C)C. The number of piperazine rings is 1. The summed E-state index contributed by atoms with van der Waals surface area (Å²) in [7, 11) is 4.38. The summed E-state index contributed by atoms with van der Waals surface area (Å²) in [5, 5.41) is 1.12. The van der Waals surface area contributed by atoms with Crippen LogP contribution in [0.25, 0.3) is 22.2 Å². The number of fused-ring (bicyclic) bond motifs is 2. The number of likely N-dealkylation sites (N-methyl/N-ethyl adjacent to an activating group) is 2. The van der Waals surface area contributed by atoms with Crippen molar-refractivity contribution in [3.8, 4) is 11.3 Å². The average Bonchev–Trinajstić information content (AvgIpc) is 3.26. The molecule has 2 aliphatic heterocycles. The molecule has 0 saturated carbocycles. The molecule has 1 unspecified atom stereocenters. The predicted octanol–water partition coefficient (Wildman–Crippen LogP) is 3.28. The van der Waals surface area contributed by atoms with E-state index in [2.05, 4.69) is 74.8 Å². The van der Waals surface area contributed by atoms with Crippen molar-refractivity contribution in [2.75, 3.05) is 45.2 Å². The number of rotatable bonds is 3. The Morgan fingerprint density at radius 1 is 1.12 bits per heavy atom. The highest BCUT2D eigenvalue weighted by Crippen LogP contribution is 2.41. The van der Waals surface area contributed by atoms with Gasteiger partial charge in [0.2, 0.25) is 0 Å². The average molecular weight is 436 g/mol. The Balaban J connectivity index is 1.62. The first-order valence-corrected chi connectivity index (χ1v) is 11.7. The van der Waals surface area contributed by atoms with E-state index in [9.17, 15) is 4.79 Å². The third kappa shape index (κ3) is 3.02. The molecule has 0 aliphatic carbocycles. The molecule has 7 heteroatoms. The Morgan fingerprint density at radius 2 is 1.84 bits per heavy atom. The van der Waals surface area contributed by atoms with Gasteiger partial charge in [0.05, 0.1) is 25.3 Å². The van der Waals surface area contributed by atoms with E-state index in [1.807, 2.05) is 10.8 Å². The van der Waals surface area contributed by atoms with Crippen molar-refractivity contribution in [1.29, 1.82) is 0 Å². The van der Waals surface area contributed by atoms with Gasteiger partial charge in [-0.05, 0) is 52.9 Å². The van der Waals surface area contributed by atoms with Gasteiger partial charge in [0, 0.05) is 60.6 Å². The van der Waals surface area contributed by atoms with Crippen molar-refractivity contribution in [1.82, 2.24) is 23.9 Å². The van der Waals surface area contributed by atoms with Gasteiger partial charge in [-0.15, -0.1) is 0 Å². The lowest BCUT2D eigenvalue weighted by Crippen LogP contribution is -2.62. The van der Waals surface area contributed by atoms with E-state index in [1.54, 1.807) is 6.07 Å². The molecule has 2 aromatic heterocycles. The van der Waals surface area contributed by atoms with E-state index in [4.69, 9.17) is 4.98 Å². The number of benzene rings is 1. The van der Waals surface area contributed by atoms with E-state index >= 15 is 0 Å². The molecule has 1 N–H and O–H groups in total. The van der Waals surface area contributed by atoms with Crippen LogP contribution in [-0.2, 0) is 6.54 Å². The van der Waals surface area contributed by atoms with Gasteiger partial charge >= 0.3 is 5.95 Å². The molecule has 1 atom stereocenters. The Hall–Kier alpha value is -2.64. The lowest BCUT2D eigenvalue weighted by Gasteiger charge is -2.42. The zero-order chi connectivity index (χ0) is 22.8. The second-order valence-electron chi connectivity index (χ2n) is 10.6. The first-order chi connectivity index (χ1) is 15.1. The maximum Gasteiger partial charge on any atom is 0.313 e. The second kappa shape index (κ2) is 7.18. The van der Waals surface area contributed by atoms with E-state index in [-0.39, 0.29) is 11.1 Å². The summed E-state index contributed by atoms with van der Waals surface area (Å²) in [5.41, 5.74) is 3.99. The predicted molar refractivity (Wildman–Crippen MR) is 132 cm³/mol. The van der Waals surface area contributed by atoms with Crippen LogP contribution in [0.15, 0.2) is 35.3 Å². The van der Waals surface area contributed by atoms with Gasteiger partial charge in [-0.1, -0.05) is 0 Å². The molecule has 32 heavy (non-hydrogen) atoms. The van der Waals surface area contributed by atoms with Crippen LogP contribution in [0.5, 0.6) is 0 Å². The highest BCUT2D eigenvalue weighted by Gasteiger charge is 2.53. The smallest absolute Gasteiger partial charge is 0.313 e. The van der Waals surface area contributed by atoms with Crippen LogP contribution in [0.3, 0.4) is 0 Å². The fourth-order valence-electron chi connectivity index (χ4n) is 5.45. The summed E-state index contributed by atoms with van der Waals surface area (Å²) in [5.74, 6) is 0.858. The van der Waals surface area contributed by atoms with Gasteiger partial charge in [0.15, 0.2) is 0 Å². The molecule has 4 heterocycles. The summed E-state index contributed by atoms with van der Waals surface area (Å²) in [6, 6.07) is 8.60. The highest BCUT2D eigenvalue weighted by molar-refractivity contribution is 5.96. The molecule has 1 fully saturated rings. The molecular weight excluding hydrogens is 400 g/mol. The zero-order valence-corrected chi connectivity index (χ0v) is 20.1. The Labute approximate surface area is 189 Å². The van der Waals surface area contributed by atoms with Gasteiger partial charge in [-0.3, -0.25) is 9.28 Å². The maximum absolute atomic E-state index is 13.2. The van der Waals surface area contributed by atoms with Crippen molar-refractivity contribution >= 4 is 22.5 Å². The molecule has 0 bridgehead atoms. The van der Waals surface area contributed by atoms with E-state index in [0.29, 0.717) is 17.1 Å². The van der Waals surface area contributed by atoms with Crippen LogP contribution in [0.2, 0.25) is 0 Å². The molecule has 170 valence electrons. The quantitative estimate of drug-likeness (QED) is 0.642. The van der Waals surface area contributed by atoms with Crippen LogP contribution in [0, 0.1) is 0 Å². The number of H-pyrrole nitrogens is 1. The minimum Gasteiger partial charge on any atom is -0.369 e. The van der Waals surface area contributed by atoms with E-state index < -0.39 is 0 Å². The number of nitrogens with zero attached hydrogens (tertiary/aromatic N) is 5. The maximum atomic E-state index is 13.2. The van der Waals surface area contributed by atoms with Gasteiger partial charge in [0.1, 0.15) is 5.54 Å². The minimum absolute atomic E-state index is 0.0325. The third-order valence-corrected chi connectivity index (χ3v) is 8.05. The molecule has 1 saturated heterocycles. The second-order valence-corrected chi connectivity index (χ2v) is 10.6. The molecular formula is C25H35N6O+. The highest BCUT2D eigenvalue weighted by atomic mass is 16.1. The molecule has 5 rings (SSSR count). The Bertz CT molecular complexity index is 1230. The van der Waals surface area contributed by atoms with Gasteiger partial charge < -0.3 is 14.8 Å². The molecule has 3 aromatic rings. The zero-order valence-electron chi connectivity index (χ0n) is 20.1. The number of aromatic amines is 1. The van der Waals surface area contributed by atoms with Crippen molar-refractivity contribution in [2.45, 2.75) is 45.8 Å². The number of nitrogens with one attached hydrogen (secondary N) is 1. The third-order valence-electron chi connectivity index (χ3n) is 8.05. The molecule has 2 aliphatic rings. The lowest BCUT2D eigenvalue weighted by molar-refractivity contribution is 0.138. The summed E-state index contributed by atoms with van der Waals surface area (Å²) in [4.78, 5) is 26.5. The van der Waals surface area contributed by atoms with Gasteiger partial charge in [-0.2, -0.15) is 4.98 Å². The molecule has 7 nitrogen and oxygen atoms in total. The van der Waals surface area contributed by atoms with Crippen molar-refractivity contribution in [2.24, 2.45) is 0 Å². The number of quaternary nitrogens is 1. The standard InChI is InChI=1S/C25H34N6O/c1-17(2)31(6)24-27-22(14-23(32)30(24)16-25(31,3)4)20-15-26-21-8-7-18(13-19(20)21)29-11-9-28(5)10-12-29/h7-8,13-15,17H,9-12,16H2,1-6H3/p+1. The largest absolute Gasteiger partial charge is 0.369 e. The van der Waals surface area contributed by atoms with Crippen LogP contribution < -0.4 is 14.9 Å². The molecule has 0 spiro atoms. The van der Waals surface area contributed by atoms with E-state index in [0.717, 1.165) is 54.3 Å². The minimum atomic E-state index is -0.0965.